The predicted octanol–water partition coefficient (Wildman–Crippen LogP) is 11.3. The topological polar surface area (TPSA) is 34.1 Å². The van der Waals surface area contributed by atoms with Crippen molar-refractivity contribution in [3.8, 4) is 0 Å². The van der Waals surface area contributed by atoms with Gasteiger partial charge in [-0.05, 0) is 78.7 Å². The van der Waals surface area contributed by atoms with E-state index in [-0.39, 0.29) is 11.6 Å². The molecule has 0 aromatic heterocycles. The Morgan fingerprint density at radius 1 is 0.786 bits per heavy atom. The van der Waals surface area contributed by atoms with Crippen molar-refractivity contribution in [3.63, 3.8) is 0 Å². The number of rotatable bonds is 15. The van der Waals surface area contributed by atoms with Crippen LogP contribution >= 0.6 is 0 Å². The molecule has 0 saturated heterocycles. The van der Waals surface area contributed by atoms with Gasteiger partial charge < -0.3 is 4.79 Å². The SMILES string of the molecule is CC(=O)CCCC(C)(C)C(=O)/C=C/C(C)=C/C=C/C(C)=C/C=C/C=C(C)/C=C/C=C(C)/C=C/[C@H]1C(C)=CCCC1(C)C. The first kappa shape index (κ1) is 36.8. The molecule has 0 aromatic carbocycles. The number of carbonyl (C=O) groups excluding carboxylic acids is 2. The van der Waals surface area contributed by atoms with E-state index < -0.39 is 5.41 Å². The molecule has 1 aliphatic carbocycles. The lowest BCUT2D eigenvalue weighted by Gasteiger charge is -2.36. The Bertz CT molecular complexity index is 1230. The summed E-state index contributed by atoms with van der Waals surface area (Å²) in [7, 11) is 0. The van der Waals surface area contributed by atoms with E-state index in [9.17, 15) is 9.59 Å². The second kappa shape index (κ2) is 18.3. The van der Waals surface area contributed by atoms with Crippen LogP contribution in [0.25, 0.3) is 0 Å². The maximum atomic E-state index is 12.6. The first-order valence-electron chi connectivity index (χ1n) is 15.4. The van der Waals surface area contributed by atoms with Gasteiger partial charge in [-0.1, -0.05) is 141 Å². The van der Waals surface area contributed by atoms with E-state index >= 15 is 0 Å². The summed E-state index contributed by atoms with van der Waals surface area (Å²) in [6.45, 7) is 20.8. The molecule has 1 rings (SSSR count). The lowest BCUT2D eigenvalue weighted by atomic mass is 9.68. The molecule has 228 valence electrons. The molecule has 0 spiro atoms. The molecule has 0 amide bonds. The van der Waals surface area contributed by atoms with Gasteiger partial charge in [-0.3, -0.25) is 4.79 Å². The minimum absolute atomic E-state index is 0.0942. The molecular formula is C40H56O2. The zero-order valence-corrected chi connectivity index (χ0v) is 28.1. The van der Waals surface area contributed by atoms with E-state index in [0.29, 0.717) is 24.2 Å². The number of carbonyl (C=O) groups is 2. The fourth-order valence-corrected chi connectivity index (χ4v) is 4.91. The largest absolute Gasteiger partial charge is 0.300 e. The fourth-order valence-electron chi connectivity index (χ4n) is 4.91. The van der Waals surface area contributed by atoms with Crippen molar-refractivity contribution < 1.29 is 9.59 Å². The summed E-state index contributed by atoms with van der Waals surface area (Å²) in [4.78, 5) is 23.7. The van der Waals surface area contributed by atoms with Crippen molar-refractivity contribution in [2.75, 3.05) is 0 Å². The first-order valence-corrected chi connectivity index (χ1v) is 15.4. The summed E-state index contributed by atoms with van der Waals surface area (Å²) < 4.78 is 0. The number of hydrogen-bond acceptors (Lipinski definition) is 2. The van der Waals surface area contributed by atoms with Gasteiger partial charge in [-0.25, -0.2) is 0 Å². The van der Waals surface area contributed by atoms with Crippen LogP contribution in [0.1, 0.15) is 101 Å². The van der Waals surface area contributed by atoms with Gasteiger partial charge in [0, 0.05) is 17.8 Å². The molecule has 0 saturated carbocycles. The molecule has 0 bridgehead atoms. The fraction of sp³-hybridized carbons (Fsp3) is 0.450. The second-order valence-corrected chi connectivity index (χ2v) is 13.2. The quantitative estimate of drug-likeness (QED) is 0.112. The molecule has 0 aliphatic heterocycles. The van der Waals surface area contributed by atoms with Gasteiger partial charge in [0.05, 0.1) is 0 Å². The van der Waals surface area contributed by atoms with E-state index in [1.54, 1.807) is 13.0 Å². The van der Waals surface area contributed by atoms with E-state index in [2.05, 4.69) is 102 Å². The van der Waals surface area contributed by atoms with Crippen LogP contribution in [0.3, 0.4) is 0 Å². The zero-order valence-electron chi connectivity index (χ0n) is 28.1. The van der Waals surface area contributed by atoms with Crippen LogP contribution in [0.4, 0.5) is 0 Å². The van der Waals surface area contributed by atoms with Gasteiger partial charge >= 0.3 is 0 Å². The molecule has 0 radical (unpaired) electrons. The lowest BCUT2D eigenvalue weighted by Crippen LogP contribution is -2.26. The van der Waals surface area contributed by atoms with Crippen LogP contribution in [0.5, 0.6) is 0 Å². The molecule has 0 aromatic rings. The van der Waals surface area contributed by atoms with Crippen molar-refractivity contribution >= 4 is 11.6 Å². The highest BCUT2D eigenvalue weighted by atomic mass is 16.1. The lowest BCUT2D eigenvalue weighted by molar-refractivity contribution is -0.123. The molecule has 0 heterocycles. The van der Waals surface area contributed by atoms with E-state index in [1.807, 2.05) is 45.1 Å². The van der Waals surface area contributed by atoms with Crippen LogP contribution in [-0.4, -0.2) is 11.6 Å². The minimum Gasteiger partial charge on any atom is -0.300 e. The summed E-state index contributed by atoms with van der Waals surface area (Å²) in [5, 5.41) is 0. The van der Waals surface area contributed by atoms with Gasteiger partial charge in [0.25, 0.3) is 0 Å². The third kappa shape index (κ3) is 15.1. The van der Waals surface area contributed by atoms with Gasteiger partial charge in [0.15, 0.2) is 5.78 Å². The number of allylic oxidation sites excluding steroid dienone is 20. The van der Waals surface area contributed by atoms with Gasteiger partial charge in [0.1, 0.15) is 5.78 Å². The predicted molar refractivity (Wildman–Crippen MR) is 184 cm³/mol. The zero-order chi connectivity index (χ0) is 31.8. The second-order valence-electron chi connectivity index (χ2n) is 13.2. The third-order valence-corrected chi connectivity index (χ3v) is 7.90. The van der Waals surface area contributed by atoms with Crippen molar-refractivity contribution in [1.29, 1.82) is 0 Å². The average molecular weight is 569 g/mol. The molecule has 0 fully saturated rings. The van der Waals surface area contributed by atoms with E-state index in [4.69, 9.17) is 0 Å². The van der Waals surface area contributed by atoms with Gasteiger partial charge in [0.2, 0.25) is 0 Å². The Hall–Kier alpha value is -3.26. The maximum absolute atomic E-state index is 12.6. The Labute approximate surface area is 257 Å². The Morgan fingerprint density at radius 2 is 1.29 bits per heavy atom. The Kier molecular flexibility index (Phi) is 16.0. The highest BCUT2D eigenvalue weighted by molar-refractivity contribution is 5.94. The monoisotopic (exact) mass is 568 g/mol. The summed E-state index contributed by atoms with van der Waals surface area (Å²) >= 11 is 0. The third-order valence-electron chi connectivity index (χ3n) is 7.90. The normalized spacial score (nSPS) is 19.7. The molecule has 2 nitrogen and oxygen atoms in total. The van der Waals surface area contributed by atoms with Crippen molar-refractivity contribution in [1.82, 2.24) is 0 Å². The summed E-state index contributed by atoms with van der Waals surface area (Å²) in [5.41, 5.74) is 5.96. The molecule has 42 heavy (non-hydrogen) atoms. The van der Waals surface area contributed by atoms with Crippen molar-refractivity contribution in [2.45, 2.75) is 101 Å². The molecule has 1 aliphatic rings. The number of ketones is 2. The van der Waals surface area contributed by atoms with Crippen LogP contribution < -0.4 is 0 Å². The van der Waals surface area contributed by atoms with Gasteiger partial charge in [-0.2, -0.15) is 0 Å². The standard InChI is InChI=1S/C40H56O2/c1-31(19-13-21-33(3)25-27-37-35(5)23-15-29-39(37,7)8)17-11-12-18-32(2)20-14-22-34(4)26-28-38(42)40(9,10)30-16-24-36(6)41/h11-14,17-23,25-28,37H,15-16,24,29-30H2,1-10H3/b12-11+,19-13+,20-14+,27-25+,28-26+,31-17+,32-18+,33-21+,34-22+/t37-/m0/s1. The summed E-state index contributed by atoms with van der Waals surface area (Å²) in [5.74, 6) is 0.779. The van der Waals surface area contributed by atoms with Gasteiger partial charge in [-0.15, -0.1) is 0 Å². The Morgan fingerprint density at radius 3 is 1.81 bits per heavy atom. The van der Waals surface area contributed by atoms with Crippen LogP contribution in [0.15, 0.2) is 119 Å². The van der Waals surface area contributed by atoms with E-state index in [0.717, 1.165) is 17.6 Å². The minimum atomic E-state index is -0.452. The van der Waals surface area contributed by atoms with Crippen molar-refractivity contribution in [3.05, 3.63) is 119 Å². The Balaban J connectivity index is 2.60. The van der Waals surface area contributed by atoms with Crippen molar-refractivity contribution in [2.24, 2.45) is 16.7 Å². The molecule has 0 unspecified atom stereocenters. The molecular weight excluding hydrogens is 512 g/mol. The maximum Gasteiger partial charge on any atom is 0.161 e. The van der Waals surface area contributed by atoms with E-state index in [1.165, 1.54) is 29.6 Å². The average Bonchev–Trinajstić information content (AvgIpc) is 2.88. The summed E-state index contributed by atoms with van der Waals surface area (Å²) in [6, 6.07) is 0. The molecule has 0 N–H and O–H groups in total. The smallest absolute Gasteiger partial charge is 0.161 e. The summed E-state index contributed by atoms with van der Waals surface area (Å²) in [6.07, 6.45) is 35.7. The molecule has 1 atom stereocenters. The first-order chi connectivity index (χ1) is 19.6. The van der Waals surface area contributed by atoms with Crippen LogP contribution in [0, 0.1) is 16.7 Å². The highest BCUT2D eigenvalue weighted by Crippen LogP contribution is 2.41. The van der Waals surface area contributed by atoms with Crippen LogP contribution in [0.2, 0.25) is 0 Å². The number of hydrogen-bond donors (Lipinski definition) is 0. The molecule has 2 heteroatoms. The number of Topliss-reactive ketones (excluding diaryl/α,β-unsaturated/α-hetero) is 1. The van der Waals surface area contributed by atoms with Crippen LogP contribution in [-0.2, 0) is 9.59 Å². The highest BCUT2D eigenvalue weighted by Gasteiger charge is 2.30.